The molecular weight excluding hydrogens is 404 g/mol. The smallest absolute Gasteiger partial charge is 0.321 e. The van der Waals surface area contributed by atoms with Gasteiger partial charge >= 0.3 is 6.03 Å². The summed E-state index contributed by atoms with van der Waals surface area (Å²) in [6, 6.07) is 17.7. The number of aromatic nitrogens is 2. The summed E-state index contributed by atoms with van der Waals surface area (Å²) in [6.45, 7) is 5.23. The topological polar surface area (TPSA) is 50.2 Å². The fourth-order valence-corrected chi connectivity index (χ4v) is 3.34. The van der Waals surface area contributed by atoms with Crippen LogP contribution in [0.2, 0.25) is 0 Å². The highest BCUT2D eigenvalue weighted by Gasteiger charge is 2.11. The molecular formula is C21H23BrN4O. The van der Waals surface area contributed by atoms with E-state index in [1.165, 1.54) is 0 Å². The van der Waals surface area contributed by atoms with E-state index >= 15 is 0 Å². The molecule has 5 nitrogen and oxygen atoms in total. The molecule has 27 heavy (non-hydrogen) atoms. The number of aryl methyl sites for hydroxylation is 2. The average molecular weight is 427 g/mol. The number of anilines is 1. The fourth-order valence-electron chi connectivity index (χ4n) is 2.93. The van der Waals surface area contributed by atoms with Crippen molar-refractivity contribution in [2.75, 3.05) is 12.4 Å². The number of carbonyl (C=O) groups excluding carboxylic acids is 1. The lowest BCUT2D eigenvalue weighted by molar-refractivity contribution is 0.220. The molecule has 0 aliphatic heterocycles. The van der Waals surface area contributed by atoms with Crippen LogP contribution in [0.25, 0.3) is 0 Å². The number of benzene rings is 2. The molecule has 1 heterocycles. The van der Waals surface area contributed by atoms with E-state index in [1.54, 1.807) is 11.9 Å². The number of rotatable bonds is 5. The Kier molecular flexibility index (Phi) is 5.96. The predicted molar refractivity (Wildman–Crippen MR) is 112 cm³/mol. The average Bonchev–Trinajstić information content (AvgIpc) is 2.94. The molecule has 1 aromatic heterocycles. The van der Waals surface area contributed by atoms with E-state index in [9.17, 15) is 4.79 Å². The Hall–Kier alpha value is -2.60. The van der Waals surface area contributed by atoms with Gasteiger partial charge in [-0.2, -0.15) is 5.10 Å². The number of urea groups is 1. The fraction of sp³-hybridized carbons (Fsp3) is 0.238. The van der Waals surface area contributed by atoms with Crippen molar-refractivity contribution in [1.82, 2.24) is 14.7 Å². The van der Waals surface area contributed by atoms with E-state index in [0.29, 0.717) is 13.1 Å². The summed E-state index contributed by atoms with van der Waals surface area (Å²) < 4.78 is 2.96. The third kappa shape index (κ3) is 4.98. The Bertz CT molecular complexity index is 951. The number of amides is 2. The number of carbonyl (C=O) groups is 1. The summed E-state index contributed by atoms with van der Waals surface area (Å²) in [4.78, 5) is 14.2. The van der Waals surface area contributed by atoms with E-state index in [4.69, 9.17) is 0 Å². The van der Waals surface area contributed by atoms with E-state index < -0.39 is 0 Å². The maximum atomic E-state index is 12.5. The molecule has 3 rings (SSSR count). The predicted octanol–water partition coefficient (Wildman–Crippen LogP) is 4.97. The SMILES string of the molecule is Cc1cc(C)n(Cc2cccc(NC(=O)N(C)Cc3ccccc3Br)c2)n1. The Labute approximate surface area is 168 Å². The standard InChI is InChI=1S/C21H23BrN4O/c1-15-11-16(2)26(24-15)13-17-7-6-9-19(12-17)23-21(27)25(3)14-18-8-4-5-10-20(18)22/h4-12H,13-14H2,1-3H3,(H,23,27). The van der Waals surface area contributed by atoms with Crippen LogP contribution in [0.4, 0.5) is 10.5 Å². The molecule has 0 saturated carbocycles. The molecule has 3 aromatic rings. The van der Waals surface area contributed by atoms with E-state index in [2.05, 4.69) is 32.4 Å². The second-order valence-corrected chi connectivity index (χ2v) is 7.52. The van der Waals surface area contributed by atoms with Gasteiger partial charge in [0.05, 0.1) is 12.2 Å². The van der Waals surface area contributed by atoms with Gasteiger partial charge in [-0.05, 0) is 49.2 Å². The maximum absolute atomic E-state index is 12.5. The number of hydrogen-bond donors (Lipinski definition) is 1. The van der Waals surface area contributed by atoms with Crippen LogP contribution in [-0.2, 0) is 13.1 Å². The minimum atomic E-state index is -0.144. The van der Waals surface area contributed by atoms with Crippen LogP contribution in [0.3, 0.4) is 0 Å². The van der Waals surface area contributed by atoms with E-state index in [-0.39, 0.29) is 6.03 Å². The Morgan fingerprint density at radius 3 is 2.63 bits per heavy atom. The summed E-state index contributed by atoms with van der Waals surface area (Å²) in [7, 11) is 1.79. The quantitative estimate of drug-likeness (QED) is 0.625. The van der Waals surface area contributed by atoms with Crippen molar-refractivity contribution in [3.8, 4) is 0 Å². The van der Waals surface area contributed by atoms with Crippen molar-refractivity contribution in [2.24, 2.45) is 0 Å². The molecule has 0 spiro atoms. The van der Waals surface area contributed by atoms with Gasteiger partial charge in [-0.15, -0.1) is 0 Å². The Balaban J connectivity index is 1.65. The van der Waals surface area contributed by atoms with Crippen LogP contribution in [0.1, 0.15) is 22.5 Å². The zero-order chi connectivity index (χ0) is 19.4. The summed E-state index contributed by atoms with van der Waals surface area (Å²) >= 11 is 3.52. The van der Waals surface area contributed by atoms with E-state index in [0.717, 1.165) is 32.7 Å². The second-order valence-electron chi connectivity index (χ2n) is 6.66. The third-order valence-corrected chi connectivity index (χ3v) is 5.10. The molecule has 0 bridgehead atoms. The lowest BCUT2D eigenvalue weighted by Crippen LogP contribution is -2.31. The molecule has 6 heteroatoms. The minimum absolute atomic E-state index is 0.144. The zero-order valence-corrected chi connectivity index (χ0v) is 17.3. The monoisotopic (exact) mass is 426 g/mol. The van der Waals surface area contributed by atoms with Gasteiger partial charge in [0.2, 0.25) is 0 Å². The van der Waals surface area contributed by atoms with Crippen LogP contribution in [0.5, 0.6) is 0 Å². The first-order chi connectivity index (χ1) is 12.9. The van der Waals surface area contributed by atoms with Crippen LogP contribution in [0.15, 0.2) is 59.1 Å². The van der Waals surface area contributed by atoms with Gasteiger partial charge in [-0.3, -0.25) is 4.68 Å². The number of nitrogens with one attached hydrogen (secondary N) is 1. The van der Waals surface area contributed by atoms with Crippen molar-refractivity contribution in [3.63, 3.8) is 0 Å². The van der Waals surface area contributed by atoms with Crippen molar-refractivity contribution >= 4 is 27.6 Å². The largest absolute Gasteiger partial charge is 0.323 e. The van der Waals surface area contributed by atoms with Gasteiger partial charge in [0.25, 0.3) is 0 Å². The third-order valence-electron chi connectivity index (χ3n) is 4.33. The molecule has 140 valence electrons. The van der Waals surface area contributed by atoms with Gasteiger partial charge in [0.1, 0.15) is 0 Å². The molecule has 1 N–H and O–H groups in total. The molecule has 2 amide bonds. The minimum Gasteiger partial charge on any atom is -0.323 e. The highest BCUT2D eigenvalue weighted by atomic mass is 79.9. The van der Waals surface area contributed by atoms with Crippen LogP contribution in [0, 0.1) is 13.8 Å². The van der Waals surface area contributed by atoms with Crippen molar-refractivity contribution in [2.45, 2.75) is 26.9 Å². The molecule has 0 unspecified atom stereocenters. The number of nitrogens with zero attached hydrogens (tertiary/aromatic N) is 3. The van der Waals surface area contributed by atoms with Crippen molar-refractivity contribution in [1.29, 1.82) is 0 Å². The van der Waals surface area contributed by atoms with Crippen molar-refractivity contribution in [3.05, 3.63) is 81.6 Å². The zero-order valence-electron chi connectivity index (χ0n) is 15.7. The lowest BCUT2D eigenvalue weighted by atomic mass is 10.2. The first kappa shape index (κ1) is 19.2. The number of hydrogen-bond acceptors (Lipinski definition) is 2. The highest BCUT2D eigenvalue weighted by molar-refractivity contribution is 9.10. The normalized spacial score (nSPS) is 10.7. The van der Waals surface area contributed by atoms with E-state index in [1.807, 2.05) is 67.1 Å². The van der Waals surface area contributed by atoms with Crippen LogP contribution in [-0.4, -0.2) is 27.8 Å². The lowest BCUT2D eigenvalue weighted by Gasteiger charge is -2.19. The van der Waals surface area contributed by atoms with Gasteiger partial charge in [-0.1, -0.05) is 46.3 Å². The van der Waals surface area contributed by atoms with Gasteiger partial charge < -0.3 is 10.2 Å². The van der Waals surface area contributed by atoms with Crippen molar-refractivity contribution < 1.29 is 4.79 Å². The summed E-state index contributed by atoms with van der Waals surface area (Å²) in [5.74, 6) is 0. The molecule has 2 aromatic carbocycles. The first-order valence-electron chi connectivity index (χ1n) is 8.78. The molecule has 0 aliphatic rings. The second kappa shape index (κ2) is 8.39. The summed E-state index contributed by atoms with van der Waals surface area (Å²) in [6.07, 6.45) is 0. The molecule has 0 aliphatic carbocycles. The van der Waals surface area contributed by atoms with Crippen LogP contribution >= 0.6 is 15.9 Å². The van der Waals surface area contributed by atoms with Gasteiger partial charge in [0.15, 0.2) is 0 Å². The maximum Gasteiger partial charge on any atom is 0.321 e. The Morgan fingerprint density at radius 1 is 1.15 bits per heavy atom. The first-order valence-corrected chi connectivity index (χ1v) is 9.57. The summed E-state index contributed by atoms with van der Waals surface area (Å²) in [5, 5.41) is 7.47. The van der Waals surface area contributed by atoms with Gasteiger partial charge in [-0.25, -0.2) is 4.79 Å². The summed E-state index contributed by atoms with van der Waals surface area (Å²) in [5.41, 5.74) is 5.06. The molecule has 0 saturated heterocycles. The molecule has 0 radical (unpaired) electrons. The Morgan fingerprint density at radius 2 is 1.93 bits per heavy atom. The highest BCUT2D eigenvalue weighted by Crippen LogP contribution is 2.18. The van der Waals surface area contributed by atoms with Crippen LogP contribution < -0.4 is 5.32 Å². The number of halogens is 1. The molecule has 0 atom stereocenters. The molecule has 0 fully saturated rings. The van der Waals surface area contributed by atoms with Gasteiger partial charge in [0, 0.05) is 29.4 Å².